The zero-order valence-electron chi connectivity index (χ0n) is 14.7. The summed E-state index contributed by atoms with van der Waals surface area (Å²) in [6, 6.07) is 6.88. The van der Waals surface area contributed by atoms with Gasteiger partial charge in [-0.1, -0.05) is 6.92 Å². The monoisotopic (exact) mass is 375 g/mol. The van der Waals surface area contributed by atoms with Gasteiger partial charge in [0.05, 0.1) is 21.9 Å². The van der Waals surface area contributed by atoms with Crippen molar-refractivity contribution in [3.8, 4) is 0 Å². The number of nitrogens with zero attached hydrogens (tertiary/aromatic N) is 2. The number of amides is 1. The highest BCUT2D eigenvalue weighted by Gasteiger charge is 2.24. The van der Waals surface area contributed by atoms with E-state index in [9.17, 15) is 23.7 Å². The Morgan fingerprint density at radius 3 is 2.52 bits per heavy atom. The van der Waals surface area contributed by atoms with Crippen molar-refractivity contribution in [2.24, 2.45) is 5.92 Å². The smallest absolute Gasteiger partial charge is 0.270 e. The lowest BCUT2D eigenvalue weighted by molar-refractivity contribution is -0.384. The Bertz CT molecular complexity index is 880. The van der Waals surface area contributed by atoms with Gasteiger partial charge in [0.2, 0.25) is 0 Å². The summed E-state index contributed by atoms with van der Waals surface area (Å²) >= 11 is 0. The van der Waals surface area contributed by atoms with Crippen molar-refractivity contribution in [3.05, 3.63) is 63.7 Å². The Morgan fingerprint density at radius 1 is 1.19 bits per heavy atom. The highest BCUT2D eigenvalue weighted by atomic mass is 19.1. The van der Waals surface area contributed by atoms with E-state index in [4.69, 9.17) is 0 Å². The quantitative estimate of drug-likeness (QED) is 0.636. The van der Waals surface area contributed by atoms with Gasteiger partial charge in [0.25, 0.3) is 11.6 Å². The number of nitro benzene ring substituents is 1. The Labute approximate surface area is 154 Å². The number of halogens is 2. The standard InChI is InChI=1S/C19H19F2N3O3/c1-12-6-8-23(9-7-12)18-5-3-14(24(26)27)11-15(18)19(25)22-17-4-2-13(20)10-16(17)21/h2-5,10-12H,6-9H2,1H3,(H,22,25). The molecule has 1 heterocycles. The summed E-state index contributed by atoms with van der Waals surface area (Å²) in [5.41, 5.74) is 0.231. The van der Waals surface area contributed by atoms with Crippen LogP contribution >= 0.6 is 0 Å². The van der Waals surface area contributed by atoms with Crippen LogP contribution in [0, 0.1) is 27.7 Å². The molecule has 3 rings (SSSR count). The predicted octanol–water partition coefficient (Wildman–Crippen LogP) is 4.36. The summed E-state index contributed by atoms with van der Waals surface area (Å²) in [5.74, 6) is -1.78. The molecule has 0 aliphatic carbocycles. The van der Waals surface area contributed by atoms with Crippen molar-refractivity contribution in [2.75, 3.05) is 23.3 Å². The van der Waals surface area contributed by atoms with E-state index in [0.29, 0.717) is 17.7 Å². The first-order valence-corrected chi connectivity index (χ1v) is 8.65. The first kappa shape index (κ1) is 18.8. The van der Waals surface area contributed by atoms with Gasteiger partial charge in [-0.15, -0.1) is 0 Å². The molecule has 0 unspecified atom stereocenters. The summed E-state index contributed by atoms with van der Waals surface area (Å²) in [6.45, 7) is 3.60. The van der Waals surface area contributed by atoms with Crippen molar-refractivity contribution >= 4 is 23.0 Å². The second-order valence-electron chi connectivity index (χ2n) is 6.71. The van der Waals surface area contributed by atoms with Gasteiger partial charge in [-0.3, -0.25) is 14.9 Å². The molecule has 0 bridgehead atoms. The van der Waals surface area contributed by atoms with Crippen LogP contribution in [0.3, 0.4) is 0 Å². The largest absolute Gasteiger partial charge is 0.371 e. The lowest BCUT2D eigenvalue weighted by Gasteiger charge is -2.33. The molecule has 142 valence electrons. The SMILES string of the molecule is CC1CCN(c2ccc([N+](=O)[O-])cc2C(=O)Nc2ccc(F)cc2F)CC1. The number of anilines is 2. The minimum absolute atomic E-state index is 0.0856. The molecule has 0 radical (unpaired) electrons. The van der Waals surface area contributed by atoms with Gasteiger partial charge in [-0.2, -0.15) is 0 Å². The van der Waals surface area contributed by atoms with E-state index in [1.807, 2.05) is 4.90 Å². The van der Waals surface area contributed by atoms with Crippen molar-refractivity contribution in [3.63, 3.8) is 0 Å². The number of nitro groups is 1. The Kier molecular flexibility index (Phi) is 5.34. The van der Waals surface area contributed by atoms with Crippen LogP contribution in [0.15, 0.2) is 36.4 Å². The van der Waals surface area contributed by atoms with E-state index in [2.05, 4.69) is 12.2 Å². The molecule has 0 aromatic heterocycles. The highest BCUT2D eigenvalue weighted by molar-refractivity contribution is 6.08. The Hall–Kier alpha value is -3.03. The molecule has 1 saturated heterocycles. The van der Waals surface area contributed by atoms with Crippen LogP contribution in [-0.2, 0) is 0 Å². The maximum absolute atomic E-state index is 13.9. The third-order valence-electron chi connectivity index (χ3n) is 4.74. The van der Waals surface area contributed by atoms with E-state index in [1.54, 1.807) is 6.07 Å². The predicted molar refractivity (Wildman–Crippen MR) is 98.0 cm³/mol. The van der Waals surface area contributed by atoms with Crippen LogP contribution in [0.25, 0.3) is 0 Å². The van der Waals surface area contributed by atoms with Crippen LogP contribution in [0.2, 0.25) is 0 Å². The Balaban J connectivity index is 1.94. The van der Waals surface area contributed by atoms with Gasteiger partial charge in [-0.05, 0) is 37.0 Å². The average molecular weight is 375 g/mol. The fourth-order valence-corrected chi connectivity index (χ4v) is 3.13. The van der Waals surface area contributed by atoms with E-state index in [0.717, 1.165) is 38.1 Å². The minimum Gasteiger partial charge on any atom is -0.371 e. The minimum atomic E-state index is -0.915. The number of nitrogens with one attached hydrogen (secondary N) is 1. The van der Waals surface area contributed by atoms with E-state index < -0.39 is 22.5 Å². The molecular weight excluding hydrogens is 356 g/mol. The molecule has 0 saturated carbocycles. The molecule has 0 atom stereocenters. The lowest BCUT2D eigenvalue weighted by Crippen LogP contribution is -2.34. The van der Waals surface area contributed by atoms with Gasteiger partial charge >= 0.3 is 0 Å². The molecular formula is C19H19F2N3O3. The number of hydrogen-bond acceptors (Lipinski definition) is 4. The van der Waals surface area contributed by atoms with Crippen LogP contribution in [0.5, 0.6) is 0 Å². The molecule has 1 aliphatic rings. The number of carbonyl (C=O) groups excluding carboxylic acids is 1. The summed E-state index contributed by atoms with van der Waals surface area (Å²) in [5, 5.41) is 13.5. The second kappa shape index (κ2) is 7.69. The molecule has 1 amide bonds. The Morgan fingerprint density at radius 2 is 1.89 bits per heavy atom. The molecule has 1 N–H and O–H groups in total. The molecule has 27 heavy (non-hydrogen) atoms. The highest BCUT2D eigenvalue weighted by Crippen LogP contribution is 2.30. The number of non-ortho nitro benzene ring substituents is 1. The average Bonchev–Trinajstić information content (AvgIpc) is 2.64. The van der Waals surface area contributed by atoms with E-state index >= 15 is 0 Å². The molecule has 2 aromatic carbocycles. The molecule has 8 heteroatoms. The van der Waals surface area contributed by atoms with Crippen molar-refractivity contribution in [1.82, 2.24) is 0 Å². The van der Waals surface area contributed by atoms with Gasteiger partial charge < -0.3 is 10.2 Å². The van der Waals surface area contributed by atoms with Crippen LogP contribution in [0.1, 0.15) is 30.1 Å². The van der Waals surface area contributed by atoms with E-state index in [1.165, 1.54) is 12.1 Å². The molecule has 1 aliphatic heterocycles. The van der Waals surface area contributed by atoms with Gasteiger partial charge in [-0.25, -0.2) is 8.78 Å². The maximum Gasteiger partial charge on any atom is 0.270 e. The molecule has 0 spiro atoms. The first-order valence-electron chi connectivity index (χ1n) is 8.65. The normalized spacial score (nSPS) is 14.9. The first-order chi connectivity index (χ1) is 12.8. The fourth-order valence-electron chi connectivity index (χ4n) is 3.13. The van der Waals surface area contributed by atoms with Crippen molar-refractivity contribution in [1.29, 1.82) is 0 Å². The summed E-state index contributed by atoms with van der Waals surface area (Å²) in [6.07, 6.45) is 1.90. The van der Waals surface area contributed by atoms with Crippen LogP contribution < -0.4 is 10.2 Å². The van der Waals surface area contributed by atoms with E-state index in [-0.39, 0.29) is 16.9 Å². The summed E-state index contributed by atoms with van der Waals surface area (Å²) in [4.78, 5) is 25.3. The fraction of sp³-hybridized carbons (Fsp3) is 0.316. The van der Waals surface area contributed by atoms with Gasteiger partial charge in [0.1, 0.15) is 11.6 Å². The lowest BCUT2D eigenvalue weighted by atomic mass is 9.98. The maximum atomic E-state index is 13.9. The van der Waals surface area contributed by atoms with Crippen LogP contribution in [0.4, 0.5) is 25.8 Å². The third-order valence-corrected chi connectivity index (χ3v) is 4.74. The number of benzene rings is 2. The topological polar surface area (TPSA) is 75.5 Å². The van der Waals surface area contributed by atoms with Crippen molar-refractivity contribution in [2.45, 2.75) is 19.8 Å². The molecule has 1 fully saturated rings. The van der Waals surface area contributed by atoms with Gasteiger partial charge in [0, 0.05) is 31.3 Å². The number of piperidine rings is 1. The van der Waals surface area contributed by atoms with Gasteiger partial charge in [0.15, 0.2) is 0 Å². The summed E-state index contributed by atoms with van der Waals surface area (Å²) in [7, 11) is 0. The van der Waals surface area contributed by atoms with Crippen LogP contribution in [-0.4, -0.2) is 23.9 Å². The van der Waals surface area contributed by atoms with Crippen molar-refractivity contribution < 1.29 is 18.5 Å². The zero-order chi connectivity index (χ0) is 19.6. The third kappa shape index (κ3) is 4.21. The number of rotatable bonds is 4. The number of hydrogen-bond donors (Lipinski definition) is 1. The second-order valence-corrected chi connectivity index (χ2v) is 6.71. The number of carbonyl (C=O) groups is 1. The summed E-state index contributed by atoms with van der Waals surface area (Å²) < 4.78 is 26.9. The zero-order valence-corrected chi connectivity index (χ0v) is 14.7. The molecule has 6 nitrogen and oxygen atoms in total. The molecule has 2 aromatic rings.